The van der Waals surface area contributed by atoms with E-state index in [-0.39, 0.29) is 45.5 Å². The van der Waals surface area contributed by atoms with Crippen molar-refractivity contribution >= 4 is 24.4 Å². The van der Waals surface area contributed by atoms with Gasteiger partial charge in [-0.3, -0.25) is 27.9 Å². The summed E-state index contributed by atoms with van der Waals surface area (Å²) < 4.78 is 11.2. The third-order valence-electron chi connectivity index (χ3n) is 6.66. The Morgan fingerprint density at radius 3 is 1.38 bits per heavy atom. The molecule has 1 aromatic carbocycles. The topological polar surface area (TPSA) is 116 Å². The fourth-order valence-corrected chi connectivity index (χ4v) is 5.43. The molecule has 2 aromatic heterocycles. The molecule has 0 radical (unpaired) electrons. The number of nitrogens with one attached hydrogen (secondary N) is 1. The molecule has 10 nitrogen and oxygen atoms in total. The summed E-state index contributed by atoms with van der Waals surface area (Å²) in [4.78, 5) is 27.4. The van der Waals surface area contributed by atoms with Crippen molar-refractivity contribution in [1.29, 1.82) is 0 Å². The molecule has 0 fully saturated rings. The maximum atomic E-state index is 13.7. The first-order valence-electron chi connectivity index (χ1n) is 13.6. The second-order valence-electron chi connectivity index (χ2n) is 8.79. The molecular weight excluding hydrogens is 550 g/mol. The summed E-state index contributed by atoms with van der Waals surface area (Å²) in [6.07, 6.45) is 0. The molecule has 12 heteroatoms. The maximum absolute atomic E-state index is 13.7. The summed E-state index contributed by atoms with van der Waals surface area (Å²) in [5.74, 6) is -1.22. The van der Waals surface area contributed by atoms with Gasteiger partial charge in [-0.25, -0.2) is 0 Å². The normalized spacial score (nSPS) is 10.9. The lowest BCUT2D eigenvalue weighted by Crippen LogP contribution is -2.34. The highest BCUT2D eigenvalue weighted by molar-refractivity contribution is 7.71. The maximum Gasteiger partial charge on any atom is 0.262 e. The molecule has 0 unspecified atom stereocenters. The van der Waals surface area contributed by atoms with E-state index in [0.717, 1.165) is 13.1 Å². The highest BCUT2D eigenvalue weighted by Gasteiger charge is 2.33. The summed E-state index contributed by atoms with van der Waals surface area (Å²) in [5.41, 5.74) is -0.666. The van der Waals surface area contributed by atoms with Crippen LogP contribution in [0.4, 0.5) is 0 Å². The van der Waals surface area contributed by atoms with Crippen LogP contribution in [0.3, 0.4) is 0 Å². The quantitative estimate of drug-likeness (QED) is 0.298. The van der Waals surface area contributed by atoms with E-state index in [4.69, 9.17) is 29.2 Å². The van der Waals surface area contributed by atoms with Gasteiger partial charge in [-0.1, -0.05) is 26.0 Å². The Bertz CT molecular complexity index is 1450. The number of ether oxygens (including phenoxy) is 1. The van der Waals surface area contributed by atoms with E-state index < -0.39 is 17.0 Å². The number of hydrogen-bond acceptors (Lipinski definition) is 8. The van der Waals surface area contributed by atoms with Gasteiger partial charge in [0.05, 0.1) is 24.2 Å². The van der Waals surface area contributed by atoms with Crippen molar-refractivity contribution in [1.82, 2.24) is 23.6 Å². The highest BCUT2D eigenvalue weighted by Crippen LogP contribution is 2.38. The molecule has 0 saturated heterocycles. The Labute approximate surface area is 245 Å². The highest BCUT2D eigenvalue weighted by atomic mass is 32.1. The molecule has 3 aromatic rings. The predicted octanol–water partition coefficient (Wildman–Crippen LogP) is 4.37. The second kappa shape index (κ2) is 15.0. The minimum Gasteiger partial charge on any atom is -0.497 e. The zero-order valence-electron chi connectivity index (χ0n) is 24.4. The molecule has 3 N–H and O–H groups in total. The first kappa shape index (κ1) is 33.0. The summed E-state index contributed by atoms with van der Waals surface area (Å²) in [5, 5.41) is 25.7. The molecule has 0 spiro atoms. The van der Waals surface area contributed by atoms with Crippen molar-refractivity contribution in [2.45, 2.75) is 73.6 Å². The molecule has 0 aliphatic rings. The number of aromatic nitrogens is 4. The molecule has 0 atom stereocenters. The Morgan fingerprint density at radius 1 is 0.725 bits per heavy atom. The Kier molecular flexibility index (Phi) is 12.3. The number of hydrogen-bond donors (Lipinski definition) is 3. The van der Waals surface area contributed by atoms with Crippen LogP contribution in [0.1, 0.15) is 64.2 Å². The van der Waals surface area contributed by atoms with Gasteiger partial charge in [0.1, 0.15) is 5.75 Å². The first-order chi connectivity index (χ1) is 19.1. The van der Waals surface area contributed by atoms with Gasteiger partial charge < -0.3 is 20.3 Å². The van der Waals surface area contributed by atoms with Crippen molar-refractivity contribution in [2.24, 2.45) is 0 Å². The average Bonchev–Trinajstić information content (AvgIpc) is 2.94. The van der Waals surface area contributed by atoms with Crippen LogP contribution in [0.25, 0.3) is 0 Å². The van der Waals surface area contributed by atoms with Gasteiger partial charge in [-0.15, -0.1) is 0 Å². The van der Waals surface area contributed by atoms with E-state index >= 15 is 0 Å². The molecule has 0 aliphatic heterocycles. The molecule has 40 heavy (non-hydrogen) atoms. The monoisotopic (exact) mass is 591 g/mol. The van der Waals surface area contributed by atoms with Crippen LogP contribution < -0.4 is 21.2 Å². The molecule has 0 aliphatic carbocycles. The van der Waals surface area contributed by atoms with Crippen LogP contribution in [0.2, 0.25) is 0 Å². The number of methoxy groups -OCH3 is 1. The average molecular weight is 592 g/mol. The lowest BCUT2D eigenvalue weighted by Gasteiger charge is -2.25. The number of rotatable bonds is 10. The molecule has 0 saturated carbocycles. The van der Waals surface area contributed by atoms with Crippen molar-refractivity contribution in [3.05, 3.63) is 71.2 Å². The van der Waals surface area contributed by atoms with Crippen LogP contribution in [0, 0.1) is 9.54 Å². The van der Waals surface area contributed by atoms with E-state index in [9.17, 15) is 19.8 Å². The zero-order chi connectivity index (χ0) is 30.1. The van der Waals surface area contributed by atoms with E-state index in [0.29, 0.717) is 24.4 Å². The zero-order valence-corrected chi connectivity index (χ0v) is 26.0. The summed E-state index contributed by atoms with van der Waals surface area (Å²) in [7, 11) is 1.53. The number of aromatic hydroxyl groups is 2. The Balaban J connectivity index is 0.00000103. The lowest BCUT2D eigenvalue weighted by atomic mass is 9.86. The van der Waals surface area contributed by atoms with E-state index in [2.05, 4.69) is 19.2 Å². The molecular formula is C28H41N5O5S2. The van der Waals surface area contributed by atoms with Gasteiger partial charge in [0, 0.05) is 26.2 Å². The number of benzene rings is 1. The smallest absolute Gasteiger partial charge is 0.262 e. The van der Waals surface area contributed by atoms with E-state index in [1.807, 2.05) is 0 Å². The standard InChI is InChI=1S/C24H30N4O5S2.C4H11N/c1-6-25-19(29)17(20(30)26(7-2)23(25)34)16(14-10-12-15(33-5)13-11-14)18-21(31)27(8-3)24(35)28(9-4)22(18)32;1-3-5-4-2/h10-13,16,29,31H,6-9H2,1-5H3;5H,3-4H2,1-2H3. The molecule has 0 amide bonds. The van der Waals surface area contributed by atoms with Gasteiger partial charge >= 0.3 is 0 Å². The minimum atomic E-state index is -1.10. The van der Waals surface area contributed by atoms with Crippen molar-refractivity contribution in [3.8, 4) is 17.5 Å². The lowest BCUT2D eigenvalue weighted by molar-refractivity contribution is 0.380. The Hall–Kier alpha value is -3.22. The van der Waals surface area contributed by atoms with Crippen LogP contribution in [0.15, 0.2) is 33.9 Å². The Morgan fingerprint density at radius 2 is 1.10 bits per heavy atom. The van der Waals surface area contributed by atoms with E-state index in [1.54, 1.807) is 52.0 Å². The second-order valence-corrected chi connectivity index (χ2v) is 9.52. The van der Waals surface area contributed by atoms with Gasteiger partial charge in [-0.05, 0) is 82.9 Å². The fourth-order valence-electron chi connectivity index (χ4n) is 4.58. The van der Waals surface area contributed by atoms with Crippen LogP contribution >= 0.6 is 24.4 Å². The van der Waals surface area contributed by atoms with Gasteiger partial charge in [0.25, 0.3) is 11.1 Å². The minimum absolute atomic E-state index is 0.0534. The van der Waals surface area contributed by atoms with Gasteiger partial charge in [-0.2, -0.15) is 0 Å². The third kappa shape index (κ3) is 6.39. The van der Waals surface area contributed by atoms with Gasteiger partial charge in [0.2, 0.25) is 11.8 Å². The third-order valence-corrected chi connectivity index (χ3v) is 7.54. The van der Waals surface area contributed by atoms with Crippen LogP contribution in [-0.2, 0) is 26.2 Å². The molecule has 0 bridgehead atoms. The van der Waals surface area contributed by atoms with Crippen LogP contribution in [0.5, 0.6) is 17.5 Å². The van der Waals surface area contributed by atoms with Crippen molar-refractivity contribution < 1.29 is 14.9 Å². The fraction of sp³-hybridized carbons (Fsp3) is 0.500. The molecule has 220 valence electrons. The SMILES string of the molecule is CCNCC.CCn1c(O)c(C(c2ccc(OC)cc2)c2c(O)n(CC)c(=S)n(CC)c2=O)c(=O)n(CC)c1=S. The van der Waals surface area contributed by atoms with Crippen LogP contribution in [-0.4, -0.2) is 48.7 Å². The summed E-state index contributed by atoms with van der Waals surface area (Å²) in [6, 6.07) is 6.78. The van der Waals surface area contributed by atoms with Gasteiger partial charge in [0.15, 0.2) is 9.54 Å². The predicted molar refractivity (Wildman–Crippen MR) is 163 cm³/mol. The molecule has 2 heterocycles. The largest absolute Gasteiger partial charge is 0.497 e. The van der Waals surface area contributed by atoms with Crippen molar-refractivity contribution in [2.75, 3.05) is 20.2 Å². The van der Waals surface area contributed by atoms with Crippen molar-refractivity contribution in [3.63, 3.8) is 0 Å². The molecule has 3 rings (SSSR count). The van der Waals surface area contributed by atoms with E-state index in [1.165, 1.54) is 25.4 Å². The first-order valence-corrected chi connectivity index (χ1v) is 14.4. The number of nitrogens with zero attached hydrogens (tertiary/aromatic N) is 4. The summed E-state index contributed by atoms with van der Waals surface area (Å²) in [6.45, 7) is 14.7. The summed E-state index contributed by atoms with van der Waals surface area (Å²) >= 11 is 10.9.